The van der Waals surface area contributed by atoms with E-state index < -0.39 is 0 Å². The molecule has 0 aliphatic heterocycles. The predicted molar refractivity (Wildman–Crippen MR) is 132 cm³/mol. The molecule has 0 aliphatic rings. The minimum Gasteiger partial charge on any atom is -0.494 e. The van der Waals surface area contributed by atoms with Crippen LogP contribution in [0.1, 0.15) is 49.3 Å². The number of fused-ring (bicyclic) bond motifs is 1. The molecule has 1 unspecified atom stereocenters. The highest BCUT2D eigenvalue weighted by Gasteiger charge is 2.20. The van der Waals surface area contributed by atoms with Crippen LogP contribution in [0.15, 0.2) is 66.7 Å². The Balaban J connectivity index is 1.87. The second kappa shape index (κ2) is 9.58. The van der Waals surface area contributed by atoms with Crippen LogP contribution in [0.2, 0.25) is 0 Å². The van der Waals surface area contributed by atoms with Gasteiger partial charge in [-0.05, 0) is 34.7 Å². The Bertz CT molecular complexity index is 1180. The van der Waals surface area contributed by atoms with Crippen molar-refractivity contribution in [2.24, 2.45) is 0 Å². The molecule has 4 heteroatoms. The van der Waals surface area contributed by atoms with E-state index in [1.807, 2.05) is 6.07 Å². The molecule has 1 atom stereocenters. The third-order valence-electron chi connectivity index (χ3n) is 6.20. The molecule has 166 valence electrons. The van der Waals surface area contributed by atoms with E-state index in [1.165, 1.54) is 16.7 Å². The van der Waals surface area contributed by atoms with Gasteiger partial charge in [-0.1, -0.05) is 75.4 Å². The lowest BCUT2D eigenvalue weighted by Gasteiger charge is -2.15. The Morgan fingerprint density at radius 2 is 1.56 bits per heavy atom. The van der Waals surface area contributed by atoms with Crippen molar-refractivity contribution in [3.63, 3.8) is 0 Å². The fourth-order valence-corrected chi connectivity index (χ4v) is 4.23. The molecule has 1 heterocycles. The van der Waals surface area contributed by atoms with Gasteiger partial charge in [-0.15, -0.1) is 0 Å². The van der Waals surface area contributed by atoms with Gasteiger partial charge in [-0.2, -0.15) is 0 Å². The van der Waals surface area contributed by atoms with Crippen molar-refractivity contribution in [2.75, 3.05) is 20.8 Å². The maximum Gasteiger partial charge on any atom is 0.145 e. The zero-order valence-electron chi connectivity index (χ0n) is 19.6. The van der Waals surface area contributed by atoms with E-state index in [1.54, 1.807) is 14.2 Å². The summed E-state index contributed by atoms with van der Waals surface area (Å²) in [6, 6.07) is 23.6. The summed E-state index contributed by atoms with van der Waals surface area (Å²) in [7, 11) is 3.46. The van der Waals surface area contributed by atoms with Crippen LogP contribution < -0.4 is 4.74 Å². The summed E-state index contributed by atoms with van der Waals surface area (Å²) in [4.78, 5) is 5.08. The third-order valence-corrected chi connectivity index (χ3v) is 6.20. The Morgan fingerprint density at radius 1 is 0.844 bits per heavy atom. The van der Waals surface area contributed by atoms with Gasteiger partial charge < -0.3 is 14.0 Å². The summed E-state index contributed by atoms with van der Waals surface area (Å²) in [6.07, 6.45) is 0. The third kappa shape index (κ3) is 4.28. The van der Waals surface area contributed by atoms with Gasteiger partial charge in [0.05, 0.1) is 19.2 Å². The minimum atomic E-state index is 0.243. The molecule has 0 radical (unpaired) electrons. The largest absolute Gasteiger partial charge is 0.494 e. The molecule has 4 rings (SSSR count). The van der Waals surface area contributed by atoms with Crippen LogP contribution in [0.5, 0.6) is 5.75 Å². The lowest BCUT2D eigenvalue weighted by atomic mass is 9.92. The summed E-state index contributed by atoms with van der Waals surface area (Å²) in [5.41, 5.74) is 6.85. The lowest BCUT2D eigenvalue weighted by Crippen LogP contribution is -2.07. The molecule has 4 nitrogen and oxygen atoms in total. The highest BCUT2D eigenvalue weighted by molar-refractivity contribution is 5.87. The van der Waals surface area contributed by atoms with E-state index in [9.17, 15) is 0 Å². The lowest BCUT2D eigenvalue weighted by molar-refractivity contribution is 0.188. The number of rotatable bonds is 8. The number of imidazole rings is 1. The summed E-state index contributed by atoms with van der Waals surface area (Å²) in [5.74, 6) is 2.52. The Hall–Kier alpha value is -3.11. The van der Waals surface area contributed by atoms with Crippen molar-refractivity contribution < 1.29 is 9.47 Å². The smallest absolute Gasteiger partial charge is 0.145 e. The van der Waals surface area contributed by atoms with Crippen molar-refractivity contribution in [1.29, 1.82) is 0 Å². The van der Waals surface area contributed by atoms with E-state index in [0.717, 1.165) is 28.2 Å². The maximum absolute atomic E-state index is 5.87. The fraction of sp³-hybridized carbons (Fsp3) is 0.321. The monoisotopic (exact) mass is 428 g/mol. The van der Waals surface area contributed by atoms with Gasteiger partial charge in [0, 0.05) is 25.1 Å². The van der Waals surface area contributed by atoms with Crippen LogP contribution in [0.4, 0.5) is 0 Å². The highest BCUT2D eigenvalue weighted by Crippen LogP contribution is 2.36. The molecule has 0 aliphatic carbocycles. The molecular weight excluding hydrogens is 396 g/mol. The molecule has 32 heavy (non-hydrogen) atoms. The Labute approximate surface area is 190 Å². The number of hydrogen-bond donors (Lipinski definition) is 0. The number of aromatic nitrogens is 2. The van der Waals surface area contributed by atoms with Crippen LogP contribution in [-0.2, 0) is 11.3 Å². The van der Waals surface area contributed by atoms with Gasteiger partial charge in [-0.25, -0.2) is 4.98 Å². The molecular formula is C28H32N2O2. The first kappa shape index (κ1) is 22.1. The molecule has 0 fully saturated rings. The molecule has 0 amide bonds. The number of benzene rings is 3. The number of methoxy groups -OCH3 is 2. The molecule has 0 spiro atoms. The predicted octanol–water partition coefficient (Wildman–Crippen LogP) is 6.63. The molecule has 1 aromatic heterocycles. The Kier molecular flexibility index (Phi) is 6.61. The standard InChI is InChI=1S/C28H32N2O2/c1-19(2)21-11-13-23(14-12-21)28-29-25-17-24(20(3)22-9-7-6-8-10-22)18-26(32-5)27(25)30(28)15-16-31-4/h6-14,17-20H,15-16H2,1-5H3. The SMILES string of the molecule is COCCn1c(-c2ccc(C(C)C)cc2)nc2cc(C(C)c3ccccc3)cc(OC)c21. The van der Waals surface area contributed by atoms with Gasteiger partial charge in [0.1, 0.15) is 17.1 Å². The van der Waals surface area contributed by atoms with Crippen LogP contribution in [0, 0.1) is 0 Å². The van der Waals surface area contributed by atoms with E-state index in [2.05, 4.69) is 86.0 Å². The first-order chi connectivity index (χ1) is 15.5. The summed E-state index contributed by atoms with van der Waals surface area (Å²) >= 11 is 0. The number of ether oxygens (including phenoxy) is 2. The van der Waals surface area contributed by atoms with Crippen molar-refractivity contribution in [3.05, 3.63) is 83.4 Å². The highest BCUT2D eigenvalue weighted by atomic mass is 16.5. The van der Waals surface area contributed by atoms with Crippen LogP contribution in [0.25, 0.3) is 22.4 Å². The molecule has 0 saturated carbocycles. The summed E-state index contributed by atoms with van der Waals surface area (Å²) in [6.45, 7) is 7.96. The maximum atomic E-state index is 5.87. The molecule has 0 N–H and O–H groups in total. The number of nitrogens with zero attached hydrogens (tertiary/aromatic N) is 2. The van der Waals surface area contributed by atoms with Crippen molar-refractivity contribution in [1.82, 2.24) is 9.55 Å². The van der Waals surface area contributed by atoms with Crippen molar-refractivity contribution in [2.45, 2.75) is 39.2 Å². The van der Waals surface area contributed by atoms with Gasteiger partial charge in [0.15, 0.2) is 0 Å². The van der Waals surface area contributed by atoms with Crippen LogP contribution in [-0.4, -0.2) is 30.4 Å². The molecule has 0 bridgehead atoms. The normalized spacial score (nSPS) is 12.4. The second-order valence-electron chi connectivity index (χ2n) is 8.58. The molecule has 0 saturated heterocycles. The van der Waals surface area contributed by atoms with E-state index in [-0.39, 0.29) is 5.92 Å². The molecule has 3 aromatic carbocycles. The average molecular weight is 429 g/mol. The Morgan fingerprint density at radius 3 is 2.19 bits per heavy atom. The zero-order chi connectivity index (χ0) is 22.7. The molecule has 4 aromatic rings. The van der Waals surface area contributed by atoms with E-state index in [4.69, 9.17) is 14.5 Å². The topological polar surface area (TPSA) is 36.3 Å². The van der Waals surface area contributed by atoms with Crippen molar-refractivity contribution in [3.8, 4) is 17.1 Å². The van der Waals surface area contributed by atoms with Crippen LogP contribution >= 0.6 is 0 Å². The van der Waals surface area contributed by atoms with E-state index >= 15 is 0 Å². The summed E-state index contributed by atoms with van der Waals surface area (Å²) < 4.78 is 13.5. The van der Waals surface area contributed by atoms with Gasteiger partial charge in [-0.3, -0.25) is 0 Å². The minimum absolute atomic E-state index is 0.243. The van der Waals surface area contributed by atoms with Crippen LogP contribution in [0.3, 0.4) is 0 Å². The fourth-order valence-electron chi connectivity index (χ4n) is 4.23. The van der Waals surface area contributed by atoms with E-state index in [0.29, 0.717) is 19.1 Å². The van der Waals surface area contributed by atoms with Crippen molar-refractivity contribution >= 4 is 11.0 Å². The first-order valence-corrected chi connectivity index (χ1v) is 11.3. The second-order valence-corrected chi connectivity index (χ2v) is 8.58. The van der Waals surface area contributed by atoms with Gasteiger partial charge in [0.2, 0.25) is 0 Å². The van der Waals surface area contributed by atoms with Gasteiger partial charge >= 0.3 is 0 Å². The quantitative estimate of drug-likeness (QED) is 0.316. The number of hydrogen-bond acceptors (Lipinski definition) is 3. The average Bonchev–Trinajstić information content (AvgIpc) is 3.20. The summed E-state index contributed by atoms with van der Waals surface area (Å²) in [5, 5.41) is 0. The zero-order valence-corrected chi connectivity index (χ0v) is 19.6. The van der Waals surface area contributed by atoms with Gasteiger partial charge in [0.25, 0.3) is 0 Å². The first-order valence-electron chi connectivity index (χ1n) is 11.3.